The number of rotatable bonds is 4. The molecule has 0 spiro atoms. The number of nitro benzene ring substituents is 1. The molecule has 0 bridgehead atoms. The zero-order valence-electron chi connectivity index (χ0n) is 13.2. The minimum absolute atomic E-state index is 0.0466. The number of nitrogens with zero attached hydrogens (tertiary/aromatic N) is 3. The Kier molecular flexibility index (Phi) is 4.69. The van der Waals surface area contributed by atoms with Crippen LogP contribution in [0.3, 0.4) is 0 Å². The van der Waals surface area contributed by atoms with Gasteiger partial charge in [-0.15, -0.1) is 0 Å². The molecule has 0 amide bonds. The van der Waals surface area contributed by atoms with Crippen molar-refractivity contribution in [2.75, 3.05) is 20.0 Å². The highest BCUT2D eigenvalue weighted by molar-refractivity contribution is 5.98. The van der Waals surface area contributed by atoms with E-state index in [0.29, 0.717) is 0 Å². The molecule has 1 aromatic carbocycles. The van der Waals surface area contributed by atoms with E-state index in [1.807, 2.05) is 0 Å². The molecule has 0 atom stereocenters. The molecule has 0 saturated heterocycles. The molecule has 10 nitrogen and oxygen atoms in total. The van der Waals surface area contributed by atoms with Crippen LogP contribution in [0.5, 0.6) is 0 Å². The molecule has 2 aromatic rings. The van der Waals surface area contributed by atoms with Crippen LogP contribution in [0, 0.1) is 21.4 Å². The normalized spacial score (nSPS) is 9.96. The lowest BCUT2D eigenvalue weighted by Gasteiger charge is -2.12. The quantitative estimate of drug-likeness (QED) is 0.496. The van der Waals surface area contributed by atoms with E-state index in [0.717, 1.165) is 30.9 Å². The Morgan fingerprint density at radius 1 is 1.28 bits per heavy atom. The van der Waals surface area contributed by atoms with Crippen molar-refractivity contribution in [2.45, 2.75) is 0 Å². The smallest absolute Gasteiger partial charge is 0.357 e. The van der Waals surface area contributed by atoms with Gasteiger partial charge in [0, 0.05) is 18.3 Å². The monoisotopic (exact) mass is 344 g/mol. The molecule has 0 radical (unpaired) electrons. The Balaban J connectivity index is 2.87. The van der Waals surface area contributed by atoms with Crippen molar-refractivity contribution < 1.29 is 24.0 Å². The van der Waals surface area contributed by atoms with Crippen molar-refractivity contribution in [1.82, 2.24) is 4.57 Å². The highest BCUT2D eigenvalue weighted by Crippen LogP contribution is 2.29. The number of hydrogen-bond donors (Lipinski definition) is 1. The third-order valence-corrected chi connectivity index (χ3v) is 3.40. The fraction of sp³-hybridized carbons (Fsp3) is 0.133. The van der Waals surface area contributed by atoms with E-state index in [9.17, 15) is 19.7 Å². The van der Waals surface area contributed by atoms with Crippen molar-refractivity contribution in [3.63, 3.8) is 0 Å². The number of nitrogens with two attached hydrogens (primary N) is 1. The molecule has 0 unspecified atom stereocenters. The van der Waals surface area contributed by atoms with Crippen molar-refractivity contribution in [3.05, 3.63) is 51.3 Å². The fourth-order valence-corrected chi connectivity index (χ4v) is 2.22. The first-order chi connectivity index (χ1) is 11.8. The maximum Gasteiger partial charge on any atom is 0.357 e. The zero-order valence-corrected chi connectivity index (χ0v) is 13.2. The molecule has 0 aliphatic rings. The number of anilines is 1. The van der Waals surface area contributed by atoms with Gasteiger partial charge in [-0.2, -0.15) is 5.26 Å². The summed E-state index contributed by atoms with van der Waals surface area (Å²) in [5, 5.41) is 20.2. The summed E-state index contributed by atoms with van der Waals surface area (Å²) in [6.07, 6.45) is 1.19. The molecular weight excluding hydrogens is 332 g/mol. The largest absolute Gasteiger partial charge is 0.465 e. The second-order valence-electron chi connectivity index (χ2n) is 4.73. The number of nitriles is 1. The first kappa shape index (κ1) is 17.5. The van der Waals surface area contributed by atoms with Crippen molar-refractivity contribution in [3.8, 4) is 11.8 Å². The number of nitrogen functional groups attached to an aromatic ring is 1. The number of carbonyl (C=O) groups excluding carboxylic acids is 2. The highest BCUT2D eigenvalue weighted by atomic mass is 16.6. The van der Waals surface area contributed by atoms with Crippen LogP contribution in [-0.2, 0) is 9.47 Å². The molecule has 0 saturated carbocycles. The van der Waals surface area contributed by atoms with Gasteiger partial charge in [0.1, 0.15) is 6.07 Å². The summed E-state index contributed by atoms with van der Waals surface area (Å²) in [5.41, 5.74) is 4.90. The number of esters is 2. The number of nitro groups is 1. The van der Waals surface area contributed by atoms with Gasteiger partial charge in [0.2, 0.25) is 0 Å². The molecular formula is C15H12N4O6. The van der Waals surface area contributed by atoms with Gasteiger partial charge in [-0.1, -0.05) is 0 Å². The number of aromatic nitrogens is 1. The van der Waals surface area contributed by atoms with Crippen LogP contribution in [-0.4, -0.2) is 35.6 Å². The predicted octanol–water partition coefficient (Wildman–Crippen LogP) is 1.41. The van der Waals surface area contributed by atoms with E-state index in [1.165, 1.54) is 12.3 Å². The third-order valence-electron chi connectivity index (χ3n) is 3.40. The maximum absolute atomic E-state index is 12.0. The number of methoxy groups -OCH3 is 2. The maximum atomic E-state index is 12.0. The molecule has 2 N–H and O–H groups in total. The van der Waals surface area contributed by atoms with Gasteiger partial charge < -0.3 is 19.8 Å². The molecule has 10 heteroatoms. The fourth-order valence-electron chi connectivity index (χ4n) is 2.22. The first-order valence-corrected chi connectivity index (χ1v) is 6.72. The van der Waals surface area contributed by atoms with Crippen molar-refractivity contribution in [1.29, 1.82) is 5.26 Å². The molecule has 0 aliphatic carbocycles. The van der Waals surface area contributed by atoms with Crippen LogP contribution in [0.2, 0.25) is 0 Å². The standard InChI is InChI=1S/C15H12N4O6/c1-24-14(20)10-4-3-9(19(22)23)5-11(10)18-7-8(6-16)12(17)13(18)15(21)25-2/h3-5,7H,17H2,1-2H3. The van der Waals surface area contributed by atoms with Crippen LogP contribution in [0.4, 0.5) is 11.4 Å². The minimum atomic E-state index is -0.874. The van der Waals surface area contributed by atoms with Gasteiger partial charge in [0.05, 0.1) is 41.6 Å². The second-order valence-corrected chi connectivity index (χ2v) is 4.73. The van der Waals surface area contributed by atoms with E-state index >= 15 is 0 Å². The number of carbonyl (C=O) groups is 2. The van der Waals surface area contributed by atoms with E-state index in [-0.39, 0.29) is 33.9 Å². The molecule has 1 aromatic heterocycles. The number of hydrogen-bond acceptors (Lipinski definition) is 8. The highest BCUT2D eigenvalue weighted by Gasteiger charge is 2.26. The summed E-state index contributed by atoms with van der Waals surface area (Å²) in [5.74, 6) is -1.66. The van der Waals surface area contributed by atoms with Crippen LogP contribution in [0.1, 0.15) is 26.4 Å². The lowest BCUT2D eigenvalue weighted by Crippen LogP contribution is -2.14. The van der Waals surface area contributed by atoms with Gasteiger partial charge in [0.15, 0.2) is 5.69 Å². The minimum Gasteiger partial charge on any atom is -0.465 e. The van der Waals surface area contributed by atoms with Gasteiger partial charge in [-0.05, 0) is 6.07 Å². The van der Waals surface area contributed by atoms with Crippen LogP contribution in [0.25, 0.3) is 5.69 Å². The average molecular weight is 344 g/mol. The summed E-state index contributed by atoms with van der Waals surface area (Å²) in [7, 11) is 2.25. The lowest BCUT2D eigenvalue weighted by atomic mass is 10.1. The number of benzene rings is 1. The van der Waals surface area contributed by atoms with Crippen molar-refractivity contribution in [2.24, 2.45) is 0 Å². The zero-order chi connectivity index (χ0) is 18.7. The first-order valence-electron chi connectivity index (χ1n) is 6.72. The molecule has 128 valence electrons. The molecule has 25 heavy (non-hydrogen) atoms. The van der Waals surface area contributed by atoms with Crippen molar-refractivity contribution >= 4 is 23.3 Å². The second kappa shape index (κ2) is 6.71. The van der Waals surface area contributed by atoms with Gasteiger partial charge in [-0.3, -0.25) is 10.1 Å². The Morgan fingerprint density at radius 2 is 1.92 bits per heavy atom. The van der Waals surface area contributed by atoms with Crippen LogP contribution < -0.4 is 5.73 Å². The summed E-state index contributed by atoms with van der Waals surface area (Å²) in [4.78, 5) is 34.4. The van der Waals surface area contributed by atoms with E-state index in [4.69, 9.17) is 11.0 Å². The average Bonchev–Trinajstić information content (AvgIpc) is 2.96. The number of non-ortho nitro benzene ring substituents is 1. The Morgan fingerprint density at radius 3 is 2.44 bits per heavy atom. The Labute approximate surface area is 141 Å². The third kappa shape index (κ3) is 2.98. The van der Waals surface area contributed by atoms with E-state index in [1.54, 1.807) is 6.07 Å². The van der Waals surface area contributed by atoms with E-state index < -0.39 is 16.9 Å². The summed E-state index contributed by atoms with van der Waals surface area (Å²) >= 11 is 0. The van der Waals surface area contributed by atoms with Crippen LogP contribution >= 0.6 is 0 Å². The SMILES string of the molecule is COC(=O)c1ccc([N+](=O)[O-])cc1-n1cc(C#N)c(N)c1C(=O)OC. The summed E-state index contributed by atoms with van der Waals surface area (Å²) in [6, 6.07) is 5.17. The Bertz CT molecular complexity index is 925. The topological polar surface area (TPSA) is 150 Å². The molecule has 0 fully saturated rings. The van der Waals surface area contributed by atoms with E-state index in [2.05, 4.69) is 9.47 Å². The van der Waals surface area contributed by atoms with Crippen LogP contribution in [0.15, 0.2) is 24.4 Å². The summed E-state index contributed by atoms with van der Waals surface area (Å²) < 4.78 is 10.4. The van der Waals surface area contributed by atoms with Gasteiger partial charge in [-0.25, -0.2) is 9.59 Å². The lowest BCUT2D eigenvalue weighted by molar-refractivity contribution is -0.384. The summed E-state index contributed by atoms with van der Waals surface area (Å²) in [6.45, 7) is 0. The predicted molar refractivity (Wildman–Crippen MR) is 84.2 cm³/mol. The number of ether oxygens (including phenoxy) is 2. The van der Waals surface area contributed by atoms with Gasteiger partial charge >= 0.3 is 11.9 Å². The molecule has 2 rings (SSSR count). The Hall–Kier alpha value is -3.87. The molecule has 1 heterocycles. The van der Waals surface area contributed by atoms with Gasteiger partial charge in [0.25, 0.3) is 5.69 Å². The molecule has 0 aliphatic heterocycles.